The number of ether oxygens (including phenoxy) is 1. The molecular formula is C19H20FN5O2S2. The molecule has 29 heavy (non-hydrogen) atoms. The first kappa shape index (κ1) is 21.3. The third-order valence-corrected chi connectivity index (χ3v) is 5.76. The van der Waals surface area contributed by atoms with Gasteiger partial charge in [0.15, 0.2) is 10.3 Å². The summed E-state index contributed by atoms with van der Waals surface area (Å²) >= 11 is 2.67. The molecule has 0 N–H and O–H groups in total. The number of rotatable bonds is 7. The quantitative estimate of drug-likeness (QED) is 0.316. The van der Waals surface area contributed by atoms with E-state index < -0.39 is 5.25 Å². The van der Waals surface area contributed by atoms with Crippen molar-refractivity contribution in [3.05, 3.63) is 53.4 Å². The molecule has 2 aromatic heterocycles. The highest BCUT2D eigenvalue weighted by Crippen LogP contribution is 2.29. The molecule has 0 unspecified atom stereocenters. The first-order valence-electron chi connectivity index (χ1n) is 8.77. The van der Waals surface area contributed by atoms with Crippen LogP contribution >= 0.6 is 23.5 Å². The average Bonchev–Trinajstić information content (AvgIpc) is 3.08. The van der Waals surface area contributed by atoms with E-state index in [-0.39, 0.29) is 11.8 Å². The van der Waals surface area contributed by atoms with Gasteiger partial charge < -0.3 is 4.74 Å². The normalized spacial score (nSPS) is 12.0. The minimum atomic E-state index is -0.466. The number of hydrogen-bond acceptors (Lipinski definition) is 8. The summed E-state index contributed by atoms with van der Waals surface area (Å²) in [4.78, 5) is 20.7. The van der Waals surface area contributed by atoms with E-state index in [1.165, 1.54) is 42.8 Å². The lowest BCUT2D eigenvalue weighted by atomic mass is 10.3. The van der Waals surface area contributed by atoms with Gasteiger partial charge in [0.1, 0.15) is 16.9 Å². The molecule has 0 saturated heterocycles. The van der Waals surface area contributed by atoms with Crippen molar-refractivity contribution in [2.24, 2.45) is 0 Å². The molecule has 0 aliphatic rings. The van der Waals surface area contributed by atoms with Crippen LogP contribution in [-0.2, 0) is 15.3 Å². The third kappa shape index (κ3) is 5.33. The Morgan fingerprint density at radius 2 is 1.83 bits per heavy atom. The van der Waals surface area contributed by atoms with Crippen LogP contribution in [0.2, 0.25) is 0 Å². The summed E-state index contributed by atoms with van der Waals surface area (Å²) in [5.74, 6) is 0.408. The van der Waals surface area contributed by atoms with Crippen LogP contribution in [0, 0.1) is 19.7 Å². The number of halogens is 1. The number of aromatic nitrogens is 5. The monoisotopic (exact) mass is 433 g/mol. The lowest BCUT2D eigenvalue weighted by Gasteiger charge is -2.12. The lowest BCUT2D eigenvalue weighted by molar-refractivity contribution is -0.139. The van der Waals surface area contributed by atoms with Crippen molar-refractivity contribution in [2.45, 2.75) is 42.1 Å². The summed E-state index contributed by atoms with van der Waals surface area (Å²) in [7, 11) is 1.34. The van der Waals surface area contributed by atoms with Gasteiger partial charge in [-0.05, 0) is 51.1 Å². The van der Waals surface area contributed by atoms with Crippen molar-refractivity contribution in [2.75, 3.05) is 7.11 Å². The Kier molecular flexibility index (Phi) is 6.86. The van der Waals surface area contributed by atoms with Gasteiger partial charge >= 0.3 is 5.97 Å². The van der Waals surface area contributed by atoms with Crippen LogP contribution in [0.25, 0.3) is 5.69 Å². The zero-order valence-corrected chi connectivity index (χ0v) is 18.1. The van der Waals surface area contributed by atoms with E-state index in [2.05, 4.69) is 20.2 Å². The van der Waals surface area contributed by atoms with Gasteiger partial charge in [-0.15, -0.1) is 10.2 Å². The van der Waals surface area contributed by atoms with Gasteiger partial charge in [-0.25, -0.2) is 14.4 Å². The highest BCUT2D eigenvalue weighted by atomic mass is 32.2. The van der Waals surface area contributed by atoms with Crippen LogP contribution in [0.15, 0.2) is 40.6 Å². The van der Waals surface area contributed by atoms with Gasteiger partial charge in [-0.1, -0.05) is 23.5 Å². The Morgan fingerprint density at radius 1 is 1.17 bits per heavy atom. The Bertz CT molecular complexity index is 990. The molecule has 3 aromatic rings. The van der Waals surface area contributed by atoms with Crippen molar-refractivity contribution in [1.82, 2.24) is 24.7 Å². The number of carbonyl (C=O) groups is 1. The van der Waals surface area contributed by atoms with Crippen molar-refractivity contribution >= 4 is 29.5 Å². The first-order chi connectivity index (χ1) is 13.9. The third-order valence-electron chi connectivity index (χ3n) is 3.89. The molecule has 0 saturated carbocycles. The zero-order valence-electron chi connectivity index (χ0n) is 16.4. The van der Waals surface area contributed by atoms with E-state index in [9.17, 15) is 9.18 Å². The number of carbonyl (C=O) groups excluding carboxylic acids is 1. The van der Waals surface area contributed by atoms with E-state index in [0.29, 0.717) is 27.6 Å². The van der Waals surface area contributed by atoms with Crippen molar-refractivity contribution < 1.29 is 13.9 Å². The SMILES string of the molecule is COC(=O)[C@@H](C)Sc1nnc(CSc2nc(C)cc(C)n2)n1-c1ccc(F)cc1. The fraction of sp³-hybridized carbons (Fsp3) is 0.316. The number of thioether (sulfide) groups is 2. The number of hydrogen-bond donors (Lipinski definition) is 0. The molecule has 0 fully saturated rings. The lowest BCUT2D eigenvalue weighted by Crippen LogP contribution is -2.15. The fourth-order valence-corrected chi connectivity index (χ4v) is 4.35. The van der Waals surface area contributed by atoms with Crippen LogP contribution in [0.4, 0.5) is 4.39 Å². The number of aryl methyl sites for hydroxylation is 2. The maximum atomic E-state index is 13.4. The van der Waals surface area contributed by atoms with Crippen LogP contribution in [-0.4, -0.2) is 43.1 Å². The van der Waals surface area contributed by atoms with E-state index in [1.807, 2.05) is 19.9 Å². The van der Waals surface area contributed by atoms with Gasteiger partial charge in [0.2, 0.25) is 0 Å². The standard InChI is InChI=1S/C19H20FN5O2S2/c1-11-9-12(2)22-18(21-11)28-10-16-23-24-19(29-13(3)17(26)27-4)25(16)15-7-5-14(20)6-8-15/h5-9,13H,10H2,1-4H3/t13-/m1/s1. The maximum Gasteiger partial charge on any atom is 0.318 e. The summed E-state index contributed by atoms with van der Waals surface area (Å²) in [6.07, 6.45) is 0. The molecule has 0 amide bonds. The molecule has 152 valence electrons. The molecule has 0 aliphatic carbocycles. The summed E-state index contributed by atoms with van der Waals surface area (Å²) in [6, 6.07) is 7.95. The van der Waals surface area contributed by atoms with Crippen LogP contribution in [0.1, 0.15) is 24.1 Å². The molecule has 10 heteroatoms. The molecule has 0 radical (unpaired) electrons. The molecule has 7 nitrogen and oxygen atoms in total. The topological polar surface area (TPSA) is 82.8 Å². The zero-order chi connectivity index (χ0) is 21.0. The number of esters is 1. The smallest absolute Gasteiger partial charge is 0.318 e. The molecule has 1 aromatic carbocycles. The number of nitrogens with zero attached hydrogens (tertiary/aromatic N) is 5. The highest BCUT2D eigenvalue weighted by Gasteiger charge is 2.22. The second-order valence-electron chi connectivity index (χ2n) is 6.22. The van der Waals surface area contributed by atoms with Crippen molar-refractivity contribution in [3.8, 4) is 5.69 Å². The Hall–Kier alpha value is -2.46. The van der Waals surface area contributed by atoms with E-state index in [4.69, 9.17) is 4.74 Å². The maximum absolute atomic E-state index is 13.4. The highest BCUT2D eigenvalue weighted by molar-refractivity contribution is 8.00. The minimum Gasteiger partial charge on any atom is -0.468 e. The summed E-state index contributed by atoms with van der Waals surface area (Å²) in [5.41, 5.74) is 2.49. The molecule has 1 atom stereocenters. The van der Waals surface area contributed by atoms with Crippen molar-refractivity contribution in [3.63, 3.8) is 0 Å². The second kappa shape index (κ2) is 9.36. The Labute approximate surface area is 176 Å². The van der Waals surface area contributed by atoms with Gasteiger partial charge in [0.25, 0.3) is 0 Å². The summed E-state index contributed by atoms with van der Waals surface area (Å²) < 4.78 is 20.0. The first-order valence-corrected chi connectivity index (χ1v) is 10.6. The summed E-state index contributed by atoms with van der Waals surface area (Å²) in [6.45, 7) is 5.57. The molecule has 0 aliphatic heterocycles. The average molecular weight is 434 g/mol. The summed E-state index contributed by atoms with van der Waals surface area (Å²) in [5, 5.41) is 9.22. The van der Waals surface area contributed by atoms with Gasteiger partial charge in [0.05, 0.1) is 12.9 Å². The largest absolute Gasteiger partial charge is 0.468 e. The minimum absolute atomic E-state index is 0.335. The molecule has 0 bridgehead atoms. The van der Waals surface area contributed by atoms with Gasteiger partial charge in [-0.3, -0.25) is 9.36 Å². The molecule has 0 spiro atoms. The fourth-order valence-electron chi connectivity index (χ4n) is 2.58. The van der Waals surface area contributed by atoms with E-state index >= 15 is 0 Å². The van der Waals surface area contributed by atoms with Crippen LogP contribution < -0.4 is 0 Å². The number of benzene rings is 1. The molecular weight excluding hydrogens is 413 g/mol. The second-order valence-corrected chi connectivity index (χ2v) is 8.47. The van der Waals surface area contributed by atoms with E-state index in [1.54, 1.807) is 23.6 Å². The predicted octanol–water partition coefficient (Wildman–Crippen LogP) is 3.76. The van der Waals surface area contributed by atoms with Gasteiger partial charge in [0, 0.05) is 17.1 Å². The Balaban J connectivity index is 1.91. The molecule has 2 heterocycles. The van der Waals surface area contributed by atoms with Crippen molar-refractivity contribution in [1.29, 1.82) is 0 Å². The van der Waals surface area contributed by atoms with E-state index in [0.717, 1.165) is 11.4 Å². The van der Waals surface area contributed by atoms with Gasteiger partial charge in [-0.2, -0.15) is 0 Å². The Morgan fingerprint density at radius 3 is 2.45 bits per heavy atom. The predicted molar refractivity (Wildman–Crippen MR) is 110 cm³/mol. The molecule has 3 rings (SSSR count). The number of methoxy groups -OCH3 is 1. The van der Waals surface area contributed by atoms with Crippen LogP contribution in [0.3, 0.4) is 0 Å². The van der Waals surface area contributed by atoms with Crippen LogP contribution in [0.5, 0.6) is 0 Å².